The van der Waals surface area contributed by atoms with Gasteiger partial charge in [0.15, 0.2) is 0 Å². The number of imide groups is 1. The molecule has 1 aromatic carbocycles. The van der Waals surface area contributed by atoms with Crippen molar-refractivity contribution in [3.63, 3.8) is 0 Å². The minimum Gasteiger partial charge on any atom is -0.489 e. The molecule has 3 amide bonds. The number of rotatable bonds is 5. The molecule has 0 aromatic heterocycles. The van der Waals surface area contributed by atoms with E-state index >= 15 is 0 Å². The molecule has 28 heavy (non-hydrogen) atoms. The van der Waals surface area contributed by atoms with E-state index in [0.29, 0.717) is 24.6 Å². The topological polar surface area (TPSA) is 87.7 Å². The van der Waals surface area contributed by atoms with Crippen molar-refractivity contribution < 1.29 is 19.1 Å². The molecule has 0 radical (unpaired) electrons. The number of carbonyl (C=O) groups excluding carboxylic acids is 3. The number of nitrogens with zero attached hydrogens (tertiary/aromatic N) is 1. The Morgan fingerprint density at radius 3 is 2.79 bits per heavy atom. The van der Waals surface area contributed by atoms with Gasteiger partial charge in [-0.1, -0.05) is 13.3 Å². The molecule has 2 aliphatic heterocycles. The SMILES string of the molecule is CCNC1CCCC[C@@H]1Oc1ccc2c(c1)CN(C1CCC(=O)NC1=O)C2=O. The van der Waals surface area contributed by atoms with Crippen LogP contribution in [-0.4, -0.2) is 47.4 Å². The van der Waals surface area contributed by atoms with Gasteiger partial charge in [-0.05, 0) is 56.0 Å². The van der Waals surface area contributed by atoms with Crippen LogP contribution in [0.5, 0.6) is 5.75 Å². The first-order valence-corrected chi connectivity index (χ1v) is 10.2. The number of hydrogen-bond acceptors (Lipinski definition) is 5. The Morgan fingerprint density at radius 1 is 1.18 bits per heavy atom. The van der Waals surface area contributed by atoms with Gasteiger partial charge in [-0.25, -0.2) is 0 Å². The maximum absolute atomic E-state index is 12.8. The number of carbonyl (C=O) groups is 3. The van der Waals surface area contributed by atoms with Crippen LogP contribution < -0.4 is 15.4 Å². The second-order valence-electron chi connectivity index (χ2n) is 7.82. The molecule has 1 aliphatic carbocycles. The van der Waals surface area contributed by atoms with Crippen molar-refractivity contribution in [2.24, 2.45) is 0 Å². The van der Waals surface area contributed by atoms with Gasteiger partial charge in [-0.2, -0.15) is 0 Å². The van der Waals surface area contributed by atoms with E-state index in [1.807, 2.05) is 12.1 Å². The number of fused-ring (bicyclic) bond motifs is 1. The Hall–Kier alpha value is -2.41. The minimum atomic E-state index is -0.585. The minimum absolute atomic E-state index is 0.134. The molecule has 1 aromatic rings. The molecule has 2 heterocycles. The molecule has 3 aliphatic rings. The predicted molar refractivity (Wildman–Crippen MR) is 103 cm³/mol. The van der Waals surface area contributed by atoms with E-state index in [9.17, 15) is 14.4 Å². The van der Waals surface area contributed by atoms with Crippen LogP contribution in [0.4, 0.5) is 0 Å². The summed E-state index contributed by atoms with van der Waals surface area (Å²) < 4.78 is 6.28. The fraction of sp³-hybridized carbons (Fsp3) is 0.571. The number of likely N-dealkylation sites (N-methyl/N-ethyl adjacent to an activating group) is 1. The lowest BCUT2D eigenvalue weighted by Gasteiger charge is -2.32. The lowest BCUT2D eigenvalue weighted by Crippen LogP contribution is -2.52. The zero-order valence-corrected chi connectivity index (χ0v) is 16.2. The van der Waals surface area contributed by atoms with Gasteiger partial charge in [0.05, 0.1) is 0 Å². The van der Waals surface area contributed by atoms with Crippen LogP contribution in [-0.2, 0) is 16.1 Å². The Balaban J connectivity index is 1.48. The fourth-order valence-electron chi connectivity index (χ4n) is 4.53. The van der Waals surface area contributed by atoms with Crippen LogP contribution in [0.1, 0.15) is 61.4 Å². The van der Waals surface area contributed by atoms with Crippen molar-refractivity contribution in [3.8, 4) is 5.75 Å². The number of hydrogen-bond donors (Lipinski definition) is 2. The van der Waals surface area contributed by atoms with Gasteiger partial charge in [0.25, 0.3) is 5.91 Å². The molecule has 2 fully saturated rings. The maximum Gasteiger partial charge on any atom is 0.255 e. The largest absolute Gasteiger partial charge is 0.489 e. The monoisotopic (exact) mass is 385 g/mol. The second-order valence-corrected chi connectivity index (χ2v) is 7.82. The molecular weight excluding hydrogens is 358 g/mol. The molecule has 1 saturated heterocycles. The quantitative estimate of drug-likeness (QED) is 0.754. The van der Waals surface area contributed by atoms with Gasteiger partial charge < -0.3 is 15.0 Å². The number of benzene rings is 1. The first-order valence-electron chi connectivity index (χ1n) is 10.2. The van der Waals surface area contributed by atoms with Crippen LogP contribution in [0, 0.1) is 0 Å². The van der Waals surface area contributed by atoms with E-state index in [4.69, 9.17) is 4.74 Å². The van der Waals surface area contributed by atoms with Gasteiger partial charge in [0.1, 0.15) is 17.9 Å². The smallest absolute Gasteiger partial charge is 0.255 e. The summed E-state index contributed by atoms with van der Waals surface area (Å²) in [5.41, 5.74) is 1.49. The van der Waals surface area contributed by atoms with Gasteiger partial charge in [0, 0.05) is 24.6 Å². The van der Waals surface area contributed by atoms with Crippen LogP contribution in [0.2, 0.25) is 0 Å². The summed E-state index contributed by atoms with van der Waals surface area (Å²) in [5.74, 6) is -0.0425. The Morgan fingerprint density at radius 2 is 2.00 bits per heavy atom. The normalized spacial score (nSPS) is 27.5. The summed E-state index contributed by atoms with van der Waals surface area (Å²) in [6.45, 7) is 3.40. The highest BCUT2D eigenvalue weighted by molar-refractivity contribution is 6.05. The third kappa shape index (κ3) is 3.63. The zero-order valence-electron chi connectivity index (χ0n) is 16.2. The molecule has 0 bridgehead atoms. The van der Waals surface area contributed by atoms with Crippen molar-refractivity contribution in [1.29, 1.82) is 0 Å². The molecular formula is C21H27N3O4. The first-order chi connectivity index (χ1) is 13.6. The fourth-order valence-corrected chi connectivity index (χ4v) is 4.53. The summed E-state index contributed by atoms with van der Waals surface area (Å²) in [6.07, 6.45) is 5.30. The molecule has 150 valence electrons. The van der Waals surface area contributed by atoms with Crippen molar-refractivity contribution in [3.05, 3.63) is 29.3 Å². The molecule has 2 N–H and O–H groups in total. The van der Waals surface area contributed by atoms with Crippen molar-refractivity contribution >= 4 is 17.7 Å². The predicted octanol–water partition coefficient (Wildman–Crippen LogP) is 1.75. The number of ether oxygens (including phenoxy) is 1. The Bertz CT molecular complexity index is 792. The van der Waals surface area contributed by atoms with E-state index in [1.165, 1.54) is 12.8 Å². The van der Waals surface area contributed by atoms with Gasteiger partial charge >= 0.3 is 0 Å². The second kappa shape index (κ2) is 7.91. The Kier molecular flexibility index (Phi) is 5.35. The van der Waals surface area contributed by atoms with E-state index in [2.05, 4.69) is 17.6 Å². The average molecular weight is 385 g/mol. The van der Waals surface area contributed by atoms with Crippen LogP contribution in [0.15, 0.2) is 18.2 Å². The standard InChI is InChI=1S/C21H27N3O4/c1-2-22-16-5-3-4-6-18(16)28-14-7-8-15-13(11-14)12-24(21(15)27)17-9-10-19(25)23-20(17)26/h7-8,11,16-18,22H,2-6,9-10,12H2,1H3,(H,23,25,26)/t16?,17?,18-/m0/s1. The first kappa shape index (κ1) is 18.9. The zero-order chi connectivity index (χ0) is 19.7. The lowest BCUT2D eigenvalue weighted by molar-refractivity contribution is -0.136. The van der Waals surface area contributed by atoms with Crippen LogP contribution >= 0.6 is 0 Å². The lowest BCUT2D eigenvalue weighted by atomic mass is 9.92. The van der Waals surface area contributed by atoms with Crippen molar-refractivity contribution in [2.45, 2.75) is 70.2 Å². The highest BCUT2D eigenvalue weighted by Gasteiger charge is 2.39. The Labute approximate surface area is 164 Å². The summed E-state index contributed by atoms with van der Waals surface area (Å²) >= 11 is 0. The van der Waals surface area contributed by atoms with E-state index in [1.54, 1.807) is 11.0 Å². The molecule has 0 spiro atoms. The molecule has 4 rings (SSSR count). The van der Waals surface area contributed by atoms with Crippen molar-refractivity contribution in [1.82, 2.24) is 15.5 Å². The van der Waals surface area contributed by atoms with Gasteiger partial charge in [-0.15, -0.1) is 0 Å². The molecule has 7 heteroatoms. The third-order valence-corrected chi connectivity index (χ3v) is 5.95. The number of piperidine rings is 1. The van der Waals surface area contributed by atoms with E-state index in [-0.39, 0.29) is 30.2 Å². The number of amides is 3. The van der Waals surface area contributed by atoms with E-state index < -0.39 is 6.04 Å². The maximum atomic E-state index is 12.8. The summed E-state index contributed by atoms with van der Waals surface area (Å²) in [7, 11) is 0. The highest BCUT2D eigenvalue weighted by atomic mass is 16.5. The van der Waals surface area contributed by atoms with E-state index in [0.717, 1.165) is 30.7 Å². The average Bonchev–Trinajstić information content (AvgIpc) is 2.99. The molecule has 1 saturated carbocycles. The van der Waals surface area contributed by atoms with Crippen molar-refractivity contribution in [2.75, 3.05) is 6.54 Å². The van der Waals surface area contributed by atoms with Gasteiger partial charge in [0.2, 0.25) is 11.8 Å². The van der Waals surface area contributed by atoms with Crippen LogP contribution in [0.25, 0.3) is 0 Å². The number of nitrogens with one attached hydrogen (secondary N) is 2. The summed E-state index contributed by atoms with van der Waals surface area (Å²) in [5, 5.41) is 5.85. The molecule has 7 nitrogen and oxygen atoms in total. The van der Waals surface area contributed by atoms with Gasteiger partial charge in [-0.3, -0.25) is 19.7 Å². The molecule has 2 unspecified atom stereocenters. The highest BCUT2D eigenvalue weighted by Crippen LogP contribution is 2.31. The third-order valence-electron chi connectivity index (χ3n) is 5.95. The van der Waals surface area contributed by atoms with Crippen LogP contribution in [0.3, 0.4) is 0 Å². The summed E-state index contributed by atoms with van der Waals surface area (Å²) in [6, 6.07) is 5.34. The summed E-state index contributed by atoms with van der Waals surface area (Å²) in [4.78, 5) is 37.9. The molecule has 3 atom stereocenters.